The van der Waals surface area contributed by atoms with Crippen molar-refractivity contribution in [1.29, 1.82) is 0 Å². The Hall–Kier alpha value is -1.16. The van der Waals surface area contributed by atoms with E-state index in [4.69, 9.17) is 0 Å². The molecule has 1 aliphatic rings. The van der Waals surface area contributed by atoms with Crippen molar-refractivity contribution < 1.29 is 4.79 Å². The molecule has 2 heterocycles. The molecule has 22 heavy (non-hydrogen) atoms. The van der Waals surface area contributed by atoms with Gasteiger partial charge in [0, 0.05) is 32.1 Å². The summed E-state index contributed by atoms with van der Waals surface area (Å²) >= 11 is 0. The van der Waals surface area contributed by atoms with Gasteiger partial charge in [-0.15, -0.1) is 0 Å². The summed E-state index contributed by atoms with van der Waals surface area (Å²) in [6.07, 6.45) is 10.3. The molecule has 0 unspecified atom stereocenters. The first-order chi connectivity index (χ1) is 10.6. The molecule has 1 aromatic rings. The molecule has 1 aromatic heterocycles. The molecule has 0 aliphatic carbocycles. The molecule has 0 bridgehead atoms. The van der Waals surface area contributed by atoms with E-state index >= 15 is 0 Å². The summed E-state index contributed by atoms with van der Waals surface area (Å²) in [6, 6.07) is 0.561. The average Bonchev–Trinajstić information content (AvgIpc) is 3.02. The largest absolute Gasteiger partial charge is 0.303 e. The second kappa shape index (κ2) is 8.47. The number of carbonyl (C=O) groups excluding carboxylic acids is 1. The van der Waals surface area contributed by atoms with Crippen LogP contribution in [-0.2, 0) is 4.79 Å². The minimum atomic E-state index is 0.401. The van der Waals surface area contributed by atoms with E-state index in [1.54, 1.807) is 0 Å². The van der Waals surface area contributed by atoms with Gasteiger partial charge in [-0.25, -0.2) is 0 Å². The van der Waals surface area contributed by atoms with E-state index < -0.39 is 0 Å². The number of ketones is 1. The fraction of sp³-hybridized carbons (Fsp3) is 0.778. The van der Waals surface area contributed by atoms with Gasteiger partial charge in [-0.1, -0.05) is 20.8 Å². The highest BCUT2D eigenvalue weighted by Crippen LogP contribution is 2.24. The number of carbonyl (C=O) groups is 1. The number of unbranched alkanes of at least 4 members (excludes halogenated alkanes) is 1. The van der Waals surface area contributed by atoms with E-state index in [9.17, 15) is 4.79 Å². The van der Waals surface area contributed by atoms with Gasteiger partial charge in [-0.3, -0.25) is 9.48 Å². The molecule has 2 rings (SSSR count). The van der Waals surface area contributed by atoms with Gasteiger partial charge >= 0.3 is 0 Å². The van der Waals surface area contributed by atoms with Crippen LogP contribution in [-0.4, -0.2) is 40.1 Å². The Morgan fingerprint density at radius 2 is 2.05 bits per heavy atom. The lowest BCUT2D eigenvalue weighted by molar-refractivity contribution is -0.118. The molecule has 0 amide bonds. The first-order valence-electron chi connectivity index (χ1n) is 8.88. The molecule has 1 aliphatic heterocycles. The van der Waals surface area contributed by atoms with Crippen LogP contribution in [0.15, 0.2) is 12.4 Å². The molecule has 1 fully saturated rings. The van der Waals surface area contributed by atoms with Crippen LogP contribution in [0.1, 0.15) is 76.8 Å². The first-order valence-corrected chi connectivity index (χ1v) is 8.88. The van der Waals surface area contributed by atoms with Crippen LogP contribution in [0.4, 0.5) is 0 Å². The zero-order valence-corrected chi connectivity index (χ0v) is 14.4. The Morgan fingerprint density at radius 3 is 2.64 bits per heavy atom. The van der Waals surface area contributed by atoms with Crippen molar-refractivity contribution in [1.82, 2.24) is 14.7 Å². The van der Waals surface area contributed by atoms with Crippen LogP contribution in [0.5, 0.6) is 0 Å². The molecule has 0 saturated carbocycles. The van der Waals surface area contributed by atoms with Gasteiger partial charge in [0.25, 0.3) is 0 Å². The molecule has 0 spiro atoms. The molecule has 0 radical (unpaired) electrons. The van der Waals surface area contributed by atoms with Crippen LogP contribution in [0, 0.1) is 0 Å². The smallest absolute Gasteiger partial charge is 0.132 e. The van der Waals surface area contributed by atoms with Crippen LogP contribution in [0.25, 0.3) is 0 Å². The number of piperidine rings is 1. The zero-order valence-electron chi connectivity index (χ0n) is 14.4. The Balaban J connectivity index is 1.68. The molecular formula is C18H31N3O. The third kappa shape index (κ3) is 4.94. The lowest BCUT2D eigenvalue weighted by Gasteiger charge is -2.32. The van der Waals surface area contributed by atoms with E-state index in [0.29, 0.717) is 24.2 Å². The molecule has 0 N–H and O–H groups in total. The highest BCUT2D eigenvalue weighted by Gasteiger charge is 2.21. The third-order valence-corrected chi connectivity index (χ3v) is 4.79. The summed E-state index contributed by atoms with van der Waals surface area (Å²) in [6.45, 7) is 9.83. The topological polar surface area (TPSA) is 38.1 Å². The van der Waals surface area contributed by atoms with Crippen molar-refractivity contribution in [2.24, 2.45) is 0 Å². The van der Waals surface area contributed by atoms with Crippen LogP contribution in [0.3, 0.4) is 0 Å². The summed E-state index contributed by atoms with van der Waals surface area (Å²) in [4.78, 5) is 13.8. The second-order valence-corrected chi connectivity index (χ2v) is 6.83. The predicted molar refractivity (Wildman–Crippen MR) is 90.2 cm³/mol. The Kier molecular flexibility index (Phi) is 6.62. The van der Waals surface area contributed by atoms with Crippen molar-refractivity contribution in [3.63, 3.8) is 0 Å². The summed E-state index contributed by atoms with van der Waals surface area (Å²) in [7, 11) is 0. The number of Topliss-reactive ketones (excluding diaryl/α,β-unsaturated/α-hetero) is 1. The number of likely N-dealkylation sites (tertiary alicyclic amines) is 1. The van der Waals surface area contributed by atoms with E-state index in [1.807, 2.05) is 13.1 Å². The third-order valence-electron chi connectivity index (χ3n) is 4.79. The summed E-state index contributed by atoms with van der Waals surface area (Å²) < 4.78 is 2.17. The minimum absolute atomic E-state index is 0.401. The van der Waals surface area contributed by atoms with Gasteiger partial charge in [-0.2, -0.15) is 5.10 Å². The molecule has 0 aromatic carbocycles. The maximum Gasteiger partial charge on any atom is 0.132 e. The highest BCUT2D eigenvalue weighted by atomic mass is 16.1. The molecule has 4 heteroatoms. The number of rotatable bonds is 8. The number of hydrogen-bond donors (Lipinski definition) is 0. The molecule has 0 atom stereocenters. The molecular weight excluding hydrogens is 274 g/mol. The first kappa shape index (κ1) is 17.2. The van der Waals surface area contributed by atoms with Crippen molar-refractivity contribution in [2.75, 3.05) is 19.6 Å². The minimum Gasteiger partial charge on any atom is -0.303 e. The monoisotopic (exact) mass is 305 g/mol. The maximum atomic E-state index is 11.3. The summed E-state index contributed by atoms with van der Waals surface area (Å²) in [5.41, 5.74) is 1.34. The van der Waals surface area contributed by atoms with E-state index in [-0.39, 0.29) is 0 Å². The molecule has 4 nitrogen and oxygen atoms in total. The van der Waals surface area contributed by atoms with Crippen LogP contribution < -0.4 is 0 Å². The quantitative estimate of drug-likeness (QED) is 0.686. The van der Waals surface area contributed by atoms with Gasteiger partial charge in [0.05, 0.1) is 12.2 Å². The highest BCUT2D eigenvalue weighted by molar-refractivity contribution is 5.77. The number of nitrogens with zero attached hydrogens (tertiary/aromatic N) is 3. The van der Waals surface area contributed by atoms with Crippen molar-refractivity contribution >= 4 is 5.78 Å². The Labute approximate surface area is 134 Å². The average molecular weight is 305 g/mol. The van der Waals surface area contributed by atoms with E-state index in [0.717, 1.165) is 38.9 Å². The van der Waals surface area contributed by atoms with Gasteiger partial charge in [0.2, 0.25) is 0 Å². The number of aromatic nitrogens is 2. The van der Waals surface area contributed by atoms with E-state index in [2.05, 4.69) is 34.7 Å². The van der Waals surface area contributed by atoms with Crippen molar-refractivity contribution in [3.8, 4) is 0 Å². The van der Waals surface area contributed by atoms with Crippen molar-refractivity contribution in [2.45, 2.75) is 71.3 Å². The van der Waals surface area contributed by atoms with Gasteiger partial charge in [0.1, 0.15) is 5.78 Å². The summed E-state index contributed by atoms with van der Waals surface area (Å²) in [5, 5.41) is 4.55. The Bertz CT molecular complexity index is 459. The predicted octanol–water partition coefficient (Wildman–Crippen LogP) is 3.79. The zero-order chi connectivity index (χ0) is 15.9. The normalized spacial score (nSPS) is 17.3. The second-order valence-electron chi connectivity index (χ2n) is 6.83. The maximum absolute atomic E-state index is 11.3. The van der Waals surface area contributed by atoms with Crippen molar-refractivity contribution in [3.05, 3.63) is 18.0 Å². The fourth-order valence-corrected chi connectivity index (χ4v) is 3.09. The lowest BCUT2D eigenvalue weighted by Crippen LogP contribution is -2.35. The number of hydrogen-bond acceptors (Lipinski definition) is 3. The van der Waals surface area contributed by atoms with E-state index in [1.165, 1.54) is 18.4 Å². The fourth-order valence-electron chi connectivity index (χ4n) is 3.09. The SMILES string of the molecule is CCC(=O)CCCCN1CCC(n2cc(C(C)C)cn2)CC1. The molecule has 1 saturated heterocycles. The standard InChI is InChI=1S/C18H31N3O/c1-4-18(22)7-5-6-10-20-11-8-17(9-12-20)21-14-16(13-19-21)15(2)3/h13-15,17H,4-12H2,1-3H3. The lowest BCUT2D eigenvalue weighted by atomic mass is 10.0. The van der Waals surface area contributed by atoms with Gasteiger partial charge in [0.15, 0.2) is 0 Å². The van der Waals surface area contributed by atoms with Gasteiger partial charge in [-0.05, 0) is 43.7 Å². The van der Waals surface area contributed by atoms with Gasteiger partial charge < -0.3 is 4.90 Å². The van der Waals surface area contributed by atoms with Crippen LogP contribution >= 0.6 is 0 Å². The molecule has 124 valence electrons. The summed E-state index contributed by atoms with van der Waals surface area (Å²) in [5.74, 6) is 0.956. The Morgan fingerprint density at radius 1 is 1.32 bits per heavy atom. The van der Waals surface area contributed by atoms with Crippen LogP contribution in [0.2, 0.25) is 0 Å².